The highest BCUT2D eigenvalue weighted by atomic mass is 32.1. The molecule has 7 nitrogen and oxygen atoms in total. The number of carbonyl (C=O) groups excluding carboxylic acids is 1. The summed E-state index contributed by atoms with van der Waals surface area (Å²) in [6.07, 6.45) is 5.66. The maximum Gasteiger partial charge on any atom is 0.253 e. The molecule has 31 heavy (non-hydrogen) atoms. The molecule has 0 aliphatic heterocycles. The summed E-state index contributed by atoms with van der Waals surface area (Å²) in [6, 6.07) is 8.30. The Morgan fingerprint density at radius 3 is 2.74 bits per heavy atom. The minimum atomic E-state index is -0.503. The average Bonchev–Trinajstić information content (AvgIpc) is 3.49. The van der Waals surface area contributed by atoms with E-state index in [2.05, 4.69) is 25.9 Å². The molecule has 2 aromatic heterocycles. The average molecular weight is 440 g/mol. The van der Waals surface area contributed by atoms with Gasteiger partial charge in [-0.05, 0) is 55.7 Å². The molecule has 5 rings (SSSR count). The van der Waals surface area contributed by atoms with Gasteiger partial charge < -0.3 is 10.6 Å². The smallest absolute Gasteiger partial charge is 0.253 e. The second-order valence-corrected chi connectivity index (χ2v) is 8.43. The normalized spacial score (nSPS) is 18.4. The third-order valence-electron chi connectivity index (χ3n) is 5.36. The second kappa shape index (κ2) is 8.03. The molecule has 0 saturated heterocycles. The molecule has 10 heteroatoms. The Morgan fingerprint density at radius 2 is 1.90 bits per heavy atom. The van der Waals surface area contributed by atoms with E-state index in [9.17, 15) is 13.6 Å². The van der Waals surface area contributed by atoms with Crippen molar-refractivity contribution < 1.29 is 13.6 Å². The zero-order valence-electron chi connectivity index (χ0n) is 16.3. The van der Waals surface area contributed by atoms with E-state index < -0.39 is 5.82 Å². The van der Waals surface area contributed by atoms with Crippen molar-refractivity contribution >= 4 is 32.6 Å². The van der Waals surface area contributed by atoms with Crippen molar-refractivity contribution in [3.05, 3.63) is 66.0 Å². The van der Waals surface area contributed by atoms with Crippen molar-refractivity contribution in [3.63, 3.8) is 0 Å². The number of nitrogens with one attached hydrogen (secondary N) is 2. The number of fused-ring (bicyclic) bond motifs is 1. The van der Waals surface area contributed by atoms with Crippen LogP contribution >= 0.6 is 11.3 Å². The minimum Gasteiger partial charge on any atom is -0.357 e. The Kier molecular flexibility index (Phi) is 5.06. The van der Waals surface area contributed by atoms with Crippen LogP contribution in [0, 0.1) is 11.6 Å². The number of anilines is 1. The lowest BCUT2D eigenvalue weighted by molar-refractivity contribution is 0.0935. The van der Waals surface area contributed by atoms with Gasteiger partial charge in [0.25, 0.3) is 5.91 Å². The van der Waals surface area contributed by atoms with Crippen molar-refractivity contribution in [1.29, 1.82) is 0 Å². The van der Waals surface area contributed by atoms with Gasteiger partial charge in [0, 0.05) is 12.1 Å². The number of thiazole rings is 1. The van der Waals surface area contributed by atoms with Crippen LogP contribution in [0.4, 0.5) is 13.9 Å². The molecular formula is C21H18F2N6OS. The highest BCUT2D eigenvalue weighted by Crippen LogP contribution is 2.30. The van der Waals surface area contributed by atoms with E-state index in [1.807, 2.05) is 0 Å². The monoisotopic (exact) mass is 440 g/mol. The molecule has 1 saturated carbocycles. The molecule has 1 amide bonds. The van der Waals surface area contributed by atoms with Crippen molar-refractivity contribution in [2.24, 2.45) is 0 Å². The molecule has 2 aromatic carbocycles. The lowest BCUT2D eigenvalue weighted by Crippen LogP contribution is -2.43. The van der Waals surface area contributed by atoms with Gasteiger partial charge in [-0.2, -0.15) is 0 Å². The Balaban J connectivity index is 1.34. The Morgan fingerprint density at radius 1 is 1.10 bits per heavy atom. The van der Waals surface area contributed by atoms with Crippen molar-refractivity contribution in [2.45, 2.75) is 31.3 Å². The topological polar surface area (TPSA) is 84.7 Å². The molecule has 1 aliphatic carbocycles. The fourth-order valence-electron chi connectivity index (χ4n) is 3.90. The van der Waals surface area contributed by atoms with Crippen LogP contribution in [0.25, 0.3) is 15.9 Å². The quantitative estimate of drug-likeness (QED) is 0.491. The lowest BCUT2D eigenvalue weighted by Gasteiger charge is -2.22. The molecule has 0 spiro atoms. The molecule has 1 fully saturated rings. The van der Waals surface area contributed by atoms with Gasteiger partial charge in [-0.3, -0.25) is 4.79 Å². The first-order chi connectivity index (χ1) is 15.1. The maximum absolute atomic E-state index is 13.9. The van der Waals surface area contributed by atoms with Gasteiger partial charge >= 0.3 is 0 Å². The van der Waals surface area contributed by atoms with Crippen LogP contribution in [-0.2, 0) is 0 Å². The van der Waals surface area contributed by atoms with E-state index >= 15 is 0 Å². The third-order valence-corrected chi connectivity index (χ3v) is 6.31. The molecule has 2 heterocycles. The van der Waals surface area contributed by atoms with Gasteiger partial charge in [0.1, 0.15) is 11.6 Å². The highest BCUT2D eigenvalue weighted by molar-refractivity contribution is 7.22. The van der Waals surface area contributed by atoms with Crippen LogP contribution in [0.15, 0.2) is 48.8 Å². The summed E-state index contributed by atoms with van der Waals surface area (Å²) in [5.41, 5.74) is 1.36. The number of hydrogen-bond donors (Lipinski definition) is 2. The lowest BCUT2D eigenvalue weighted by atomic mass is 10.1. The number of carbonyl (C=O) groups is 1. The molecule has 1 aliphatic rings. The molecule has 0 radical (unpaired) electrons. The SMILES string of the molecule is O=C(NC1CCCC1Nc1nc2ccc(F)cc2s1)c1cc(F)ccc1-n1ccnn1. The van der Waals surface area contributed by atoms with Gasteiger partial charge in [-0.1, -0.05) is 16.6 Å². The van der Waals surface area contributed by atoms with Gasteiger partial charge in [0.2, 0.25) is 0 Å². The summed E-state index contributed by atoms with van der Waals surface area (Å²) < 4.78 is 29.5. The third kappa shape index (κ3) is 3.98. The zero-order chi connectivity index (χ0) is 21.4. The molecule has 4 aromatic rings. The first kappa shape index (κ1) is 19.6. The fourth-order valence-corrected chi connectivity index (χ4v) is 4.85. The molecule has 0 bridgehead atoms. The molecule has 158 valence electrons. The van der Waals surface area contributed by atoms with E-state index in [4.69, 9.17) is 0 Å². The largest absolute Gasteiger partial charge is 0.357 e. The number of nitrogens with zero attached hydrogens (tertiary/aromatic N) is 4. The summed E-state index contributed by atoms with van der Waals surface area (Å²) >= 11 is 1.38. The molecular weight excluding hydrogens is 422 g/mol. The zero-order valence-corrected chi connectivity index (χ0v) is 17.1. The predicted molar refractivity (Wildman–Crippen MR) is 113 cm³/mol. The van der Waals surface area contributed by atoms with Crippen molar-refractivity contribution in [1.82, 2.24) is 25.3 Å². The van der Waals surface area contributed by atoms with Crippen LogP contribution < -0.4 is 10.6 Å². The van der Waals surface area contributed by atoms with Crippen LogP contribution in [0.2, 0.25) is 0 Å². The number of hydrogen-bond acceptors (Lipinski definition) is 6. The first-order valence-corrected chi connectivity index (χ1v) is 10.7. The number of benzene rings is 2. The summed E-state index contributed by atoms with van der Waals surface area (Å²) in [5, 5.41) is 14.7. The predicted octanol–water partition coefficient (Wildman–Crippen LogP) is 3.92. The maximum atomic E-state index is 13.9. The van der Waals surface area contributed by atoms with Gasteiger partial charge in [-0.15, -0.1) is 5.10 Å². The number of halogens is 2. The number of aromatic nitrogens is 4. The molecule has 2 N–H and O–H groups in total. The standard InChI is InChI=1S/C21H18F2N6OS/c22-12-5-7-18(29-9-8-24-28-29)14(10-12)20(30)25-15-2-1-3-16(15)26-21-27-17-6-4-13(23)11-19(17)31-21/h4-11,15-16H,1-3H2,(H,25,30)(H,26,27). The van der Waals surface area contributed by atoms with E-state index in [0.29, 0.717) is 10.8 Å². The fraction of sp³-hybridized carbons (Fsp3) is 0.238. The van der Waals surface area contributed by atoms with E-state index in [0.717, 1.165) is 29.5 Å². The van der Waals surface area contributed by atoms with E-state index in [1.54, 1.807) is 12.3 Å². The molecule has 2 atom stereocenters. The van der Waals surface area contributed by atoms with Crippen molar-refractivity contribution in [2.75, 3.05) is 5.32 Å². The summed E-state index contributed by atoms with van der Waals surface area (Å²) in [7, 11) is 0. The van der Waals surface area contributed by atoms with Crippen LogP contribution in [0.3, 0.4) is 0 Å². The summed E-state index contributed by atoms with van der Waals surface area (Å²) in [4.78, 5) is 17.5. The van der Waals surface area contributed by atoms with Crippen molar-refractivity contribution in [3.8, 4) is 5.69 Å². The first-order valence-electron chi connectivity index (χ1n) is 9.86. The van der Waals surface area contributed by atoms with E-state index in [1.165, 1.54) is 52.5 Å². The van der Waals surface area contributed by atoms with Gasteiger partial charge in [-0.25, -0.2) is 18.4 Å². The van der Waals surface area contributed by atoms with Crippen LogP contribution in [-0.4, -0.2) is 38.0 Å². The van der Waals surface area contributed by atoms with Crippen LogP contribution in [0.1, 0.15) is 29.6 Å². The summed E-state index contributed by atoms with van der Waals surface area (Å²) in [5.74, 6) is -1.18. The highest BCUT2D eigenvalue weighted by Gasteiger charge is 2.30. The Labute approximate surface area is 180 Å². The Hall–Kier alpha value is -3.40. The van der Waals surface area contributed by atoms with E-state index in [-0.39, 0.29) is 29.4 Å². The second-order valence-electron chi connectivity index (χ2n) is 7.40. The minimum absolute atomic E-state index is 0.0299. The number of rotatable bonds is 5. The van der Waals surface area contributed by atoms with Gasteiger partial charge in [0.15, 0.2) is 5.13 Å². The van der Waals surface area contributed by atoms with Gasteiger partial charge in [0.05, 0.1) is 33.9 Å². The summed E-state index contributed by atoms with van der Waals surface area (Å²) in [6.45, 7) is 0. The number of amides is 1. The van der Waals surface area contributed by atoms with Crippen LogP contribution in [0.5, 0.6) is 0 Å². The Bertz CT molecular complexity index is 1240. The molecule has 2 unspecified atom stereocenters.